The first kappa shape index (κ1) is 19.9. The lowest BCUT2D eigenvalue weighted by Gasteiger charge is -2.03. The summed E-state index contributed by atoms with van der Waals surface area (Å²) in [4.78, 5) is 6.87. The van der Waals surface area contributed by atoms with Gasteiger partial charge >= 0.3 is 0 Å². The van der Waals surface area contributed by atoms with Crippen molar-refractivity contribution in [3.05, 3.63) is 35.2 Å². The number of aromatic nitrogens is 1. The maximum absolute atomic E-state index is 10.7. The molecule has 3 rings (SSSR count). The molecule has 0 atom stereocenters. The van der Waals surface area contributed by atoms with Crippen LogP contribution in [0.2, 0.25) is 0 Å². The smallest absolute Gasteiger partial charge is 0.283 e. The summed E-state index contributed by atoms with van der Waals surface area (Å²) in [5.41, 5.74) is 1.19. The molecule has 0 saturated heterocycles. The zero-order valence-corrected chi connectivity index (χ0v) is 17.4. The number of aryl methyl sites for hydroxylation is 1. The van der Waals surface area contributed by atoms with Gasteiger partial charge in [-0.3, -0.25) is 4.55 Å². The van der Waals surface area contributed by atoms with Gasteiger partial charge in [-0.25, -0.2) is 4.98 Å². The van der Waals surface area contributed by atoms with Gasteiger partial charge in [-0.2, -0.15) is 8.42 Å². The molecule has 144 valence electrons. The molecule has 1 aromatic carbocycles. The highest BCUT2D eigenvalue weighted by molar-refractivity contribution is 7.85. The van der Waals surface area contributed by atoms with Crippen molar-refractivity contribution in [2.75, 3.05) is 11.2 Å². The third-order valence-corrected chi connectivity index (χ3v) is 6.29. The third-order valence-electron chi connectivity index (χ3n) is 3.67. The molecule has 2 aromatic heterocycles. The van der Waals surface area contributed by atoms with E-state index in [2.05, 4.69) is 40.4 Å². The number of hydrogen-bond acceptors (Lipinski definition) is 8. The Bertz CT molecular complexity index is 1010. The van der Waals surface area contributed by atoms with Crippen LogP contribution in [-0.2, 0) is 16.5 Å². The fourth-order valence-electron chi connectivity index (χ4n) is 2.29. The van der Waals surface area contributed by atoms with E-state index in [1.807, 2.05) is 0 Å². The van der Waals surface area contributed by atoms with E-state index in [9.17, 15) is 8.42 Å². The molecular weight excluding hydrogens is 404 g/mol. The number of nitrogens with zero attached hydrogens (tertiary/aromatic N) is 3. The van der Waals surface area contributed by atoms with Gasteiger partial charge in [0.05, 0.1) is 10.4 Å². The standard InChI is InChI=1S/C17H20N4O3S3/c1-11(2)3-8-14-9-15-16(25-14)19-17(26-15)21-20-13-6-4-12(5-7-13)18-10-27(22,23)24/h4-7,9,11,18H,3,8,10H2,1-2H3,(H,22,23,24). The number of thiophene rings is 1. The molecule has 0 aliphatic carbocycles. The molecule has 0 saturated carbocycles. The van der Waals surface area contributed by atoms with Crippen molar-refractivity contribution in [3.63, 3.8) is 0 Å². The molecule has 10 heteroatoms. The second kappa shape index (κ2) is 8.42. The highest BCUT2D eigenvalue weighted by Gasteiger charge is 2.09. The zero-order valence-electron chi connectivity index (χ0n) is 14.9. The van der Waals surface area contributed by atoms with Gasteiger partial charge in [0.1, 0.15) is 10.7 Å². The molecule has 0 bridgehead atoms. The lowest BCUT2D eigenvalue weighted by molar-refractivity contribution is 0.485. The minimum Gasteiger partial charge on any atom is -0.370 e. The lowest BCUT2D eigenvalue weighted by atomic mass is 10.1. The largest absolute Gasteiger partial charge is 0.370 e. The monoisotopic (exact) mass is 424 g/mol. The number of fused-ring (bicyclic) bond motifs is 1. The van der Waals surface area contributed by atoms with E-state index >= 15 is 0 Å². The van der Waals surface area contributed by atoms with E-state index in [-0.39, 0.29) is 0 Å². The van der Waals surface area contributed by atoms with Gasteiger partial charge in [-0.15, -0.1) is 21.6 Å². The Balaban J connectivity index is 1.62. The van der Waals surface area contributed by atoms with Crippen LogP contribution in [0.15, 0.2) is 40.6 Å². The van der Waals surface area contributed by atoms with Crippen LogP contribution in [0.25, 0.3) is 9.53 Å². The molecule has 0 unspecified atom stereocenters. The number of benzene rings is 1. The fourth-order valence-corrected chi connectivity index (χ4v) is 4.71. The van der Waals surface area contributed by atoms with Gasteiger partial charge in [0.2, 0.25) is 5.13 Å². The van der Waals surface area contributed by atoms with Crippen LogP contribution in [0.3, 0.4) is 0 Å². The van der Waals surface area contributed by atoms with Gasteiger partial charge in [-0.05, 0) is 49.1 Å². The van der Waals surface area contributed by atoms with Crippen molar-refractivity contribution in [1.82, 2.24) is 4.98 Å². The van der Waals surface area contributed by atoms with Gasteiger partial charge in [0, 0.05) is 10.6 Å². The topological polar surface area (TPSA) is 104 Å². The quantitative estimate of drug-likeness (QED) is 0.361. The minimum atomic E-state index is -4.06. The number of thiazole rings is 1. The fraction of sp³-hybridized carbons (Fsp3) is 0.353. The average molecular weight is 425 g/mol. The Kier molecular flexibility index (Phi) is 6.20. The summed E-state index contributed by atoms with van der Waals surface area (Å²) in [6.45, 7) is 4.45. The van der Waals surface area contributed by atoms with E-state index < -0.39 is 16.0 Å². The summed E-state index contributed by atoms with van der Waals surface area (Å²) in [5, 5.41) is 11.6. The number of azo groups is 1. The van der Waals surface area contributed by atoms with Crippen LogP contribution in [0.1, 0.15) is 25.1 Å². The molecule has 2 heterocycles. The van der Waals surface area contributed by atoms with Crippen LogP contribution in [0, 0.1) is 5.92 Å². The first-order valence-electron chi connectivity index (χ1n) is 8.38. The van der Waals surface area contributed by atoms with Crippen molar-refractivity contribution >= 4 is 58.8 Å². The normalized spacial score (nSPS) is 12.4. The summed E-state index contributed by atoms with van der Waals surface area (Å²) >= 11 is 3.23. The Morgan fingerprint density at radius 1 is 1.19 bits per heavy atom. The maximum atomic E-state index is 10.7. The number of rotatable bonds is 8. The zero-order chi connectivity index (χ0) is 19.4. The first-order valence-corrected chi connectivity index (χ1v) is 11.6. The molecule has 0 radical (unpaired) electrons. The Morgan fingerprint density at radius 3 is 2.56 bits per heavy atom. The summed E-state index contributed by atoms with van der Waals surface area (Å²) in [6.07, 6.45) is 2.26. The SMILES string of the molecule is CC(C)CCc1cc2sc(N=Nc3ccc(NCS(=O)(=O)O)cc3)nc2s1. The summed E-state index contributed by atoms with van der Waals surface area (Å²) in [5.74, 6) is 0.153. The second-order valence-electron chi connectivity index (χ2n) is 6.46. The van der Waals surface area contributed by atoms with E-state index in [1.165, 1.54) is 22.6 Å². The summed E-state index contributed by atoms with van der Waals surface area (Å²) in [7, 11) is -4.06. The van der Waals surface area contributed by atoms with Gasteiger partial charge in [0.15, 0.2) is 0 Å². The van der Waals surface area contributed by atoms with Crippen LogP contribution >= 0.6 is 22.7 Å². The molecule has 27 heavy (non-hydrogen) atoms. The average Bonchev–Trinajstić information content (AvgIpc) is 3.14. The lowest BCUT2D eigenvalue weighted by Crippen LogP contribution is -2.12. The molecular formula is C17H20N4O3S3. The Hall–Kier alpha value is -1.88. The van der Waals surface area contributed by atoms with Crippen molar-refractivity contribution in [1.29, 1.82) is 0 Å². The first-order chi connectivity index (χ1) is 12.8. The third kappa shape index (κ3) is 6.06. The number of anilines is 1. The van der Waals surface area contributed by atoms with Crippen molar-refractivity contribution in [3.8, 4) is 0 Å². The van der Waals surface area contributed by atoms with Gasteiger partial charge < -0.3 is 5.32 Å². The molecule has 2 N–H and O–H groups in total. The summed E-state index contributed by atoms with van der Waals surface area (Å²) in [6, 6.07) is 8.93. The second-order valence-corrected chi connectivity index (χ2v) is 10.0. The van der Waals surface area contributed by atoms with Crippen LogP contribution in [-0.4, -0.2) is 23.8 Å². The summed E-state index contributed by atoms with van der Waals surface area (Å²) < 4.78 is 31.3. The van der Waals surface area contributed by atoms with Crippen LogP contribution < -0.4 is 5.32 Å². The van der Waals surface area contributed by atoms with E-state index in [1.54, 1.807) is 35.6 Å². The predicted octanol–water partition coefficient (Wildman–Crippen LogP) is 5.62. The van der Waals surface area contributed by atoms with Crippen molar-refractivity contribution in [2.45, 2.75) is 26.7 Å². The molecule has 0 aliphatic rings. The Labute approximate surface area is 165 Å². The predicted molar refractivity (Wildman–Crippen MR) is 111 cm³/mol. The van der Waals surface area contributed by atoms with E-state index in [4.69, 9.17) is 4.55 Å². The molecule has 3 aromatic rings. The highest BCUT2D eigenvalue weighted by Crippen LogP contribution is 2.35. The molecule has 0 aliphatic heterocycles. The van der Waals surface area contributed by atoms with Crippen molar-refractivity contribution < 1.29 is 13.0 Å². The number of nitrogens with one attached hydrogen (secondary N) is 1. The maximum Gasteiger partial charge on any atom is 0.283 e. The highest BCUT2D eigenvalue weighted by atomic mass is 32.2. The van der Waals surface area contributed by atoms with Crippen molar-refractivity contribution in [2.24, 2.45) is 16.1 Å². The van der Waals surface area contributed by atoms with Crippen LogP contribution in [0.5, 0.6) is 0 Å². The minimum absolute atomic E-state index is 0.539. The molecule has 0 amide bonds. The van der Waals surface area contributed by atoms with Gasteiger partial charge in [0.25, 0.3) is 10.1 Å². The number of hydrogen-bond donors (Lipinski definition) is 2. The molecule has 7 nitrogen and oxygen atoms in total. The molecule has 0 spiro atoms. The molecule has 0 fully saturated rings. The van der Waals surface area contributed by atoms with Gasteiger partial charge in [-0.1, -0.05) is 25.2 Å². The van der Waals surface area contributed by atoms with E-state index in [0.29, 0.717) is 22.4 Å². The Morgan fingerprint density at radius 2 is 1.93 bits per heavy atom. The van der Waals surface area contributed by atoms with E-state index in [0.717, 1.165) is 16.0 Å². The van der Waals surface area contributed by atoms with Crippen LogP contribution in [0.4, 0.5) is 16.5 Å².